The summed E-state index contributed by atoms with van der Waals surface area (Å²) in [5, 5.41) is 13.8. The van der Waals surface area contributed by atoms with Crippen LogP contribution in [0.3, 0.4) is 0 Å². The molecule has 0 bridgehead atoms. The summed E-state index contributed by atoms with van der Waals surface area (Å²) in [5.41, 5.74) is 6.83. The molecule has 0 saturated heterocycles. The average molecular weight is 438 g/mol. The average Bonchev–Trinajstić information content (AvgIpc) is 3.55. The van der Waals surface area contributed by atoms with Crippen LogP contribution in [0.2, 0.25) is 0 Å². The summed E-state index contributed by atoms with van der Waals surface area (Å²) < 4.78 is 21.2. The molecule has 2 aromatic carbocycles. The van der Waals surface area contributed by atoms with Crippen molar-refractivity contribution in [2.45, 2.75) is 0 Å². The molecule has 0 saturated carbocycles. The molecular formula is C25H19FN6O. The SMILES string of the molecule is COc1cc(F)cc(-c2cccc3[nH]c(-c4n[nH]c5cnc(-c6cnn(C)c6)cc45)cc23)c1. The number of benzene rings is 2. The van der Waals surface area contributed by atoms with Gasteiger partial charge in [0.1, 0.15) is 17.3 Å². The van der Waals surface area contributed by atoms with Crippen LogP contribution >= 0.6 is 0 Å². The zero-order valence-corrected chi connectivity index (χ0v) is 17.9. The van der Waals surface area contributed by atoms with Crippen molar-refractivity contribution in [1.82, 2.24) is 29.9 Å². The molecule has 0 atom stereocenters. The molecule has 2 N–H and O–H groups in total. The number of pyridine rings is 1. The smallest absolute Gasteiger partial charge is 0.127 e. The summed E-state index contributed by atoms with van der Waals surface area (Å²) in [7, 11) is 3.41. The van der Waals surface area contributed by atoms with Crippen molar-refractivity contribution in [3.63, 3.8) is 0 Å². The first-order chi connectivity index (χ1) is 16.1. The minimum atomic E-state index is -0.342. The number of aromatic amines is 2. The van der Waals surface area contributed by atoms with E-state index in [0.29, 0.717) is 5.75 Å². The fourth-order valence-electron chi connectivity index (χ4n) is 4.20. The van der Waals surface area contributed by atoms with Crippen molar-refractivity contribution in [3.8, 4) is 39.5 Å². The monoisotopic (exact) mass is 438 g/mol. The summed E-state index contributed by atoms with van der Waals surface area (Å²) in [6.45, 7) is 0. The molecule has 33 heavy (non-hydrogen) atoms. The Hall–Kier alpha value is -4.46. The fraction of sp³-hybridized carbons (Fsp3) is 0.0800. The Balaban J connectivity index is 1.50. The molecule has 0 amide bonds. The van der Waals surface area contributed by atoms with E-state index in [9.17, 15) is 4.39 Å². The molecule has 0 aliphatic rings. The van der Waals surface area contributed by atoms with Gasteiger partial charge in [-0.25, -0.2) is 4.39 Å². The normalized spacial score (nSPS) is 11.5. The number of aryl methyl sites for hydroxylation is 1. The second-order valence-electron chi connectivity index (χ2n) is 7.92. The first kappa shape index (κ1) is 19.2. The van der Waals surface area contributed by atoms with Crippen molar-refractivity contribution in [1.29, 1.82) is 0 Å². The van der Waals surface area contributed by atoms with E-state index in [0.717, 1.165) is 55.6 Å². The number of ether oxygens (including phenoxy) is 1. The predicted octanol–water partition coefficient (Wildman–Crippen LogP) is 5.32. The first-order valence-corrected chi connectivity index (χ1v) is 10.4. The second-order valence-corrected chi connectivity index (χ2v) is 7.92. The van der Waals surface area contributed by atoms with Crippen LogP contribution in [0.1, 0.15) is 0 Å². The lowest BCUT2D eigenvalue weighted by atomic mass is 10.0. The van der Waals surface area contributed by atoms with Crippen LogP contribution in [-0.4, -0.2) is 37.1 Å². The summed E-state index contributed by atoms with van der Waals surface area (Å²) >= 11 is 0. The third kappa shape index (κ3) is 3.23. The Morgan fingerprint density at radius 3 is 2.70 bits per heavy atom. The lowest BCUT2D eigenvalue weighted by Gasteiger charge is -2.07. The van der Waals surface area contributed by atoms with E-state index < -0.39 is 0 Å². The number of nitrogens with zero attached hydrogens (tertiary/aromatic N) is 4. The highest BCUT2D eigenvalue weighted by molar-refractivity contribution is 6.01. The van der Waals surface area contributed by atoms with Gasteiger partial charge in [0.25, 0.3) is 0 Å². The number of nitrogens with one attached hydrogen (secondary N) is 2. The number of aromatic nitrogens is 6. The number of H-pyrrole nitrogens is 2. The number of fused-ring (bicyclic) bond motifs is 2. The summed E-state index contributed by atoms with van der Waals surface area (Å²) in [4.78, 5) is 8.00. The van der Waals surface area contributed by atoms with Gasteiger partial charge in [-0.15, -0.1) is 0 Å². The number of halogens is 1. The fourth-order valence-corrected chi connectivity index (χ4v) is 4.20. The van der Waals surface area contributed by atoms with Crippen LogP contribution < -0.4 is 4.74 Å². The van der Waals surface area contributed by atoms with Crippen molar-refractivity contribution >= 4 is 21.8 Å². The molecule has 0 radical (unpaired) electrons. The van der Waals surface area contributed by atoms with Crippen molar-refractivity contribution in [2.24, 2.45) is 7.05 Å². The Labute approximate surface area is 187 Å². The summed E-state index contributed by atoms with van der Waals surface area (Å²) in [6, 6.07) is 14.7. The third-order valence-corrected chi connectivity index (χ3v) is 5.79. The molecular weight excluding hydrogens is 419 g/mol. The summed E-state index contributed by atoms with van der Waals surface area (Å²) in [6.07, 6.45) is 5.49. The highest BCUT2D eigenvalue weighted by Gasteiger charge is 2.15. The van der Waals surface area contributed by atoms with Crippen molar-refractivity contribution in [2.75, 3.05) is 7.11 Å². The van der Waals surface area contributed by atoms with Gasteiger partial charge in [-0.05, 0) is 41.5 Å². The molecule has 6 aromatic rings. The molecule has 0 aliphatic heterocycles. The van der Waals surface area contributed by atoms with Gasteiger partial charge in [0.15, 0.2) is 0 Å². The first-order valence-electron chi connectivity index (χ1n) is 10.4. The Morgan fingerprint density at radius 2 is 1.88 bits per heavy atom. The molecule has 0 fully saturated rings. The van der Waals surface area contributed by atoms with Gasteiger partial charge in [-0.2, -0.15) is 10.2 Å². The molecule has 7 nitrogen and oxygen atoms in total. The van der Waals surface area contributed by atoms with Crippen LogP contribution in [0.15, 0.2) is 67.1 Å². The van der Waals surface area contributed by atoms with E-state index >= 15 is 0 Å². The molecule has 162 valence electrons. The molecule has 8 heteroatoms. The zero-order valence-electron chi connectivity index (χ0n) is 17.9. The maximum atomic E-state index is 14.2. The lowest BCUT2D eigenvalue weighted by molar-refractivity contribution is 0.411. The Kier molecular flexibility index (Phi) is 4.26. The predicted molar refractivity (Wildman–Crippen MR) is 125 cm³/mol. The Bertz CT molecular complexity index is 1640. The third-order valence-electron chi connectivity index (χ3n) is 5.79. The van der Waals surface area contributed by atoms with E-state index in [1.165, 1.54) is 19.2 Å². The Morgan fingerprint density at radius 1 is 0.970 bits per heavy atom. The van der Waals surface area contributed by atoms with E-state index in [1.54, 1.807) is 17.1 Å². The van der Waals surface area contributed by atoms with Crippen LogP contribution in [0, 0.1) is 5.82 Å². The van der Waals surface area contributed by atoms with Gasteiger partial charge >= 0.3 is 0 Å². The minimum Gasteiger partial charge on any atom is -0.497 e. The number of methoxy groups -OCH3 is 1. The van der Waals surface area contributed by atoms with Crippen molar-refractivity contribution in [3.05, 3.63) is 72.9 Å². The highest BCUT2D eigenvalue weighted by Crippen LogP contribution is 2.36. The molecule has 0 unspecified atom stereocenters. The number of hydrogen-bond donors (Lipinski definition) is 2. The van der Waals surface area contributed by atoms with Crippen LogP contribution in [0.5, 0.6) is 5.75 Å². The van der Waals surface area contributed by atoms with E-state index in [-0.39, 0.29) is 5.82 Å². The van der Waals surface area contributed by atoms with E-state index in [2.05, 4.69) is 25.3 Å². The van der Waals surface area contributed by atoms with E-state index in [4.69, 9.17) is 4.74 Å². The second kappa shape index (κ2) is 7.30. The lowest BCUT2D eigenvalue weighted by Crippen LogP contribution is -1.87. The quantitative estimate of drug-likeness (QED) is 0.390. The molecule has 4 aromatic heterocycles. The van der Waals surface area contributed by atoms with Gasteiger partial charge < -0.3 is 9.72 Å². The molecule has 6 rings (SSSR count). The minimum absolute atomic E-state index is 0.342. The standard InChI is InChI=1S/C25H19FN6O/c1-32-13-15(11-28-32)22-10-20-24(12-27-22)30-31-25(20)23-9-19-18(4-3-5-21(19)29-23)14-6-16(26)8-17(7-14)33-2/h3-13,29H,1-2H3,(H,30,31). The highest BCUT2D eigenvalue weighted by atomic mass is 19.1. The maximum absolute atomic E-state index is 14.2. The molecule has 0 aliphatic carbocycles. The van der Waals surface area contributed by atoms with Gasteiger partial charge in [0, 0.05) is 41.2 Å². The topological polar surface area (TPSA) is 84.4 Å². The van der Waals surface area contributed by atoms with Crippen molar-refractivity contribution < 1.29 is 9.13 Å². The van der Waals surface area contributed by atoms with E-state index in [1.807, 2.05) is 49.6 Å². The van der Waals surface area contributed by atoms with Crippen LogP contribution in [0.25, 0.3) is 55.6 Å². The van der Waals surface area contributed by atoms with Gasteiger partial charge in [-0.3, -0.25) is 14.8 Å². The van der Waals surface area contributed by atoms with Gasteiger partial charge in [0.2, 0.25) is 0 Å². The van der Waals surface area contributed by atoms with Crippen LogP contribution in [-0.2, 0) is 7.05 Å². The number of hydrogen-bond acceptors (Lipinski definition) is 4. The maximum Gasteiger partial charge on any atom is 0.127 e. The number of rotatable bonds is 4. The zero-order chi connectivity index (χ0) is 22.5. The molecule has 4 heterocycles. The van der Waals surface area contributed by atoms with Gasteiger partial charge in [-0.1, -0.05) is 12.1 Å². The largest absolute Gasteiger partial charge is 0.497 e. The van der Waals surface area contributed by atoms with Gasteiger partial charge in [0.05, 0.1) is 36.4 Å². The summed E-state index contributed by atoms with van der Waals surface area (Å²) in [5.74, 6) is 0.136. The molecule has 0 spiro atoms. The van der Waals surface area contributed by atoms with Crippen LogP contribution in [0.4, 0.5) is 4.39 Å².